The average molecular weight is 374 g/mol. The number of hydrogen-bond donors (Lipinski definition) is 1. The Morgan fingerprint density at radius 3 is 2.54 bits per heavy atom. The van der Waals surface area contributed by atoms with Crippen molar-refractivity contribution >= 4 is 22.5 Å². The van der Waals surface area contributed by atoms with Crippen molar-refractivity contribution in [3.63, 3.8) is 0 Å². The summed E-state index contributed by atoms with van der Waals surface area (Å²) in [5, 5.41) is 14.2. The van der Waals surface area contributed by atoms with Gasteiger partial charge in [0, 0.05) is 24.6 Å². The summed E-state index contributed by atoms with van der Waals surface area (Å²) >= 11 is 0. The second kappa shape index (κ2) is 7.56. The molecular formula is C21H18N4O3. The molecule has 0 radical (unpaired) electrons. The number of benzene rings is 2. The molecule has 0 saturated carbocycles. The number of aromatic nitrogens is 4. The lowest BCUT2D eigenvalue weighted by molar-refractivity contribution is -0.137. The fourth-order valence-electron chi connectivity index (χ4n) is 3.18. The number of carboxylic acids is 1. The highest BCUT2D eigenvalue weighted by Gasteiger charge is 2.14. The molecule has 0 amide bonds. The van der Waals surface area contributed by atoms with E-state index in [-0.39, 0.29) is 12.0 Å². The highest BCUT2D eigenvalue weighted by molar-refractivity contribution is 5.90. The Bertz CT molecular complexity index is 1220. The monoisotopic (exact) mass is 374 g/mol. The highest BCUT2D eigenvalue weighted by atomic mass is 16.4. The fourth-order valence-corrected chi connectivity index (χ4v) is 3.18. The van der Waals surface area contributed by atoms with Crippen molar-refractivity contribution in [2.24, 2.45) is 0 Å². The maximum atomic E-state index is 12.6. The van der Waals surface area contributed by atoms with Crippen LogP contribution >= 0.6 is 0 Å². The van der Waals surface area contributed by atoms with E-state index in [2.05, 4.69) is 15.1 Å². The van der Waals surface area contributed by atoms with Crippen LogP contribution < -0.4 is 5.56 Å². The average Bonchev–Trinajstić information content (AvgIpc) is 2.69. The van der Waals surface area contributed by atoms with Gasteiger partial charge in [0.25, 0.3) is 5.56 Å². The van der Waals surface area contributed by atoms with Gasteiger partial charge < -0.3 is 5.11 Å². The lowest BCUT2D eigenvalue weighted by atomic mass is 10.1. The molecule has 0 fully saturated rings. The second-order valence-electron chi connectivity index (χ2n) is 6.55. The van der Waals surface area contributed by atoms with Crippen LogP contribution in [0, 0.1) is 0 Å². The smallest absolute Gasteiger partial charge is 0.303 e. The molecule has 0 spiro atoms. The van der Waals surface area contributed by atoms with Crippen LogP contribution in [0.25, 0.3) is 16.6 Å². The van der Waals surface area contributed by atoms with Crippen molar-refractivity contribution in [1.82, 2.24) is 19.6 Å². The SMILES string of the molecule is O=C(O)CCCc1nc2ccccc2c2nc(=O)c(Cc3ccccc3)nn12. The van der Waals surface area contributed by atoms with Crippen LogP contribution in [0.1, 0.15) is 29.9 Å². The molecule has 0 bridgehead atoms. The van der Waals surface area contributed by atoms with Gasteiger partial charge in [-0.1, -0.05) is 42.5 Å². The lowest BCUT2D eigenvalue weighted by Crippen LogP contribution is -2.22. The number of aliphatic carboxylic acids is 1. The lowest BCUT2D eigenvalue weighted by Gasteiger charge is -2.11. The van der Waals surface area contributed by atoms with Gasteiger partial charge in [0.15, 0.2) is 5.65 Å². The zero-order chi connectivity index (χ0) is 19.5. The molecule has 2 heterocycles. The van der Waals surface area contributed by atoms with Crippen LogP contribution in [0.4, 0.5) is 0 Å². The van der Waals surface area contributed by atoms with Crippen molar-refractivity contribution < 1.29 is 9.90 Å². The third kappa shape index (κ3) is 3.59. The first-order valence-corrected chi connectivity index (χ1v) is 9.05. The molecule has 4 rings (SSSR count). The second-order valence-corrected chi connectivity index (χ2v) is 6.55. The predicted octanol–water partition coefficient (Wildman–Crippen LogP) is 2.64. The molecule has 0 aliphatic rings. The minimum atomic E-state index is -0.854. The Labute approximate surface area is 160 Å². The maximum Gasteiger partial charge on any atom is 0.303 e. The zero-order valence-electron chi connectivity index (χ0n) is 15.1. The van der Waals surface area contributed by atoms with E-state index in [1.165, 1.54) is 0 Å². The zero-order valence-corrected chi connectivity index (χ0v) is 15.1. The summed E-state index contributed by atoms with van der Waals surface area (Å²) in [6, 6.07) is 17.0. The van der Waals surface area contributed by atoms with Crippen LogP contribution in [0.3, 0.4) is 0 Å². The molecule has 7 heteroatoms. The van der Waals surface area contributed by atoms with Crippen molar-refractivity contribution in [3.05, 3.63) is 82.0 Å². The van der Waals surface area contributed by atoms with Crippen molar-refractivity contribution in [1.29, 1.82) is 0 Å². The minimum absolute atomic E-state index is 0.0422. The minimum Gasteiger partial charge on any atom is -0.481 e. The standard InChI is InChI=1S/C21H18N4O3/c26-19(27)12-6-11-18-22-16-10-5-4-9-15(16)20-23-21(28)17(24-25(18)20)13-14-7-2-1-3-8-14/h1-5,7-10H,6,11-13H2,(H,26,27). The van der Waals surface area contributed by atoms with E-state index in [1.54, 1.807) is 4.52 Å². The normalized spacial score (nSPS) is 11.1. The number of hydrogen-bond acceptors (Lipinski definition) is 5. The van der Waals surface area contributed by atoms with Gasteiger partial charge >= 0.3 is 5.97 Å². The molecule has 1 N–H and O–H groups in total. The molecule has 28 heavy (non-hydrogen) atoms. The summed E-state index contributed by atoms with van der Waals surface area (Å²) in [6.07, 6.45) is 1.27. The third-order valence-electron chi connectivity index (χ3n) is 4.52. The number of aryl methyl sites for hydroxylation is 1. The number of nitrogens with zero attached hydrogens (tertiary/aromatic N) is 4. The molecular weight excluding hydrogens is 356 g/mol. The van der Waals surface area contributed by atoms with E-state index in [1.807, 2.05) is 54.6 Å². The van der Waals surface area contributed by atoms with E-state index >= 15 is 0 Å². The first kappa shape index (κ1) is 17.8. The van der Waals surface area contributed by atoms with Gasteiger partial charge in [-0.2, -0.15) is 14.6 Å². The van der Waals surface area contributed by atoms with Gasteiger partial charge in [0.05, 0.1) is 5.52 Å². The highest BCUT2D eigenvalue weighted by Crippen LogP contribution is 2.18. The topological polar surface area (TPSA) is 97.5 Å². The molecule has 0 aliphatic carbocycles. The molecule has 0 aliphatic heterocycles. The van der Waals surface area contributed by atoms with Gasteiger partial charge in [-0.15, -0.1) is 0 Å². The van der Waals surface area contributed by atoms with Crippen LogP contribution in [0.5, 0.6) is 0 Å². The number of para-hydroxylation sites is 1. The van der Waals surface area contributed by atoms with E-state index < -0.39 is 5.97 Å². The fraction of sp³-hybridized carbons (Fsp3) is 0.190. The summed E-state index contributed by atoms with van der Waals surface area (Å²) in [4.78, 5) is 32.4. The van der Waals surface area contributed by atoms with Gasteiger partial charge in [0.1, 0.15) is 11.5 Å². The largest absolute Gasteiger partial charge is 0.481 e. The first-order chi connectivity index (χ1) is 13.6. The Kier molecular flexibility index (Phi) is 4.80. The third-order valence-corrected chi connectivity index (χ3v) is 4.52. The van der Waals surface area contributed by atoms with Crippen molar-refractivity contribution in [2.75, 3.05) is 0 Å². The van der Waals surface area contributed by atoms with E-state index in [0.717, 1.165) is 10.9 Å². The number of fused-ring (bicyclic) bond motifs is 3. The van der Waals surface area contributed by atoms with Gasteiger partial charge in [0.2, 0.25) is 0 Å². The quantitative estimate of drug-likeness (QED) is 0.521. The summed E-state index contributed by atoms with van der Waals surface area (Å²) in [6.45, 7) is 0. The Morgan fingerprint density at radius 1 is 1.00 bits per heavy atom. The van der Waals surface area contributed by atoms with Crippen molar-refractivity contribution in [2.45, 2.75) is 25.7 Å². The van der Waals surface area contributed by atoms with Gasteiger partial charge in [-0.3, -0.25) is 9.59 Å². The summed E-state index contributed by atoms with van der Waals surface area (Å²) < 4.78 is 1.59. The summed E-state index contributed by atoms with van der Waals surface area (Å²) in [5.41, 5.74) is 2.09. The maximum absolute atomic E-state index is 12.6. The van der Waals surface area contributed by atoms with Crippen LogP contribution in [0.2, 0.25) is 0 Å². The first-order valence-electron chi connectivity index (χ1n) is 9.05. The van der Waals surface area contributed by atoms with E-state index in [0.29, 0.717) is 41.9 Å². The number of carboxylic acid groups (broad SMARTS) is 1. The number of rotatable bonds is 6. The molecule has 2 aromatic carbocycles. The Hall–Kier alpha value is -3.61. The Morgan fingerprint density at radius 2 is 1.75 bits per heavy atom. The molecule has 0 unspecified atom stereocenters. The predicted molar refractivity (Wildman–Crippen MR) is 104 cm³/mol. The molecule has 7 nitrogen and oxygen atoms in total. The molecule has 0 atom stereocenters. The summed E-state index contributed by atoms with van der Waals surface area (Å²) in [5.74, 6) is -0.260. The van der Waals surface area contributed by atoms with Crippen LogP contribution in [-0.4, -0.2) is 30.7 Å². The van der Waals surface area contributed by atoms with Gasteiger partial charge in [-0.25, -0.2) is 4.98 Å². The van der Waals surface area contributed by atoms with E-state index in [4.69, 9.17) is 5.11 Å². The van der Waals surface area contributed by atoms with Crippen LogP contribution in [0.15, 0.2) is 59.4 Å². The van der Waals surface area contributed by atoms with Gasteiger partial charge in [-0.05, 0) is 24.1 Å². The van der Waals surface area contributed by atoms with Crippen LogP contribution in [-0.2, 0) is 17.6 Å². The molecule has 0 saturated heterocycles. The number of carbonyl (C=O) groups is 1. The molecule has 2 aromatic heterocycles. The molecule has 4 aromatic rings. The Balaban J connectivity index is 1.85. The van der Waals surface area contributed by atoms with E-state index in [9.17, 15) is 9.59 Å². The van der Waals surface area contributed by atoms with Crippen molar-refractivity contribution in [3.8, 4) is 0 Å². The summed E-state index contributed by atoms with van der Waals surface area (Å²) in [7, 11) is 0. The molecule has 140 valence electrons.